The van der Waals surface area contributed by atoms with E-state index < -0.39 is 0 Å². The first-order valence-electron chi connectivity index (χ1n) is 9.74. The highest BCUT2D eigenvalue weighted by Crippen LogP contribution is 2.13. The standard InChI is InChI=1S/C23H39NO2/c1-19(2)10-7-11-20(3)12-8-13-21(4)14-9-15-22(5)18-23(26)24(6)16-17-25/h10,12,14,18,25H,7-9,11,13,15-17H2,1-6H3/b20-12+,21-14+,22-18+. The van der Waals surface area contributed by atoms with Crippen molar-refractivity contribution in [3.8, 4) is 0 Å². The van der Waals surface area contributed by atoms with Gasteiger partial charge in [-0.1, -0.05) is 40.5 Å². The molecule has 0 saturated heterocycles. The Kier molecular flexibility index (Phi) is 13.6. The highest BCUT2D eigenvalue weighted by molar-refractivity contribution is 5.88. The van der Waals surface area contributed by atoms with E-state index in [0.717, 1.165) is 44.1 Å². The normalized spacial score (nSPS) is 13.0. The van der Waals surface area contributed by atoms with Crippen molar-refractivity contribution in [3.05, 3.63) is 46.6 Å². The number of likely N-dealkylation sites (N-methyl/N-ethyl adjacent to an activating group) is 1. The Morgan fingerprint density at radius 1 is 0.808 bits per heavy atom. The molecule has 26 heavy (non-hydrogen) atoms. The van der Waals surface area contributed by atoms with Crippen LogP contribution >= 0.6 is 0 Å². The van der Waals surface area contributed by atoms with Gasteiger partial charge >= 0.3 is 0 Å². The summed E-state index contributed by atoms with van der Waals surface area (Å²) < 4.78 is 0. The van der Waals surface area contributed by atoms with E-state index in [2.05, 4.69) is 45.9 Å². The van der Waals surface area contributed by atoms with Crippen molar-refractivity contribution in [2.24, 2.45) is 0 Å². The lowest BCUT2D eigenvalue weighted by Gasteiger charge is -2.13. The zero-order chi connectivity index (χ0) is 19.9. The molecule has 1 N–H and O–H groups in total. The van der Waals surface area contributed by atoms with E-state index in [1.165, 1.54) is 21.6 Å². The number of nitrogens with zero attached hydrogens (tertiary/aromatic N) is 1. The Labute approximate surface area is 161 Å². The number of hydrogen-bond acceptors (Lipinski definition) is 2. The fraction of sp³-hybridized carbons (Fsp3) is 0.609. The van der Waals surface area contributed by atoms with E-state index in [1.807, 2.05) is 6.92 Å². The second-order valence-corrected chi connectivity index (χ2v) is 7.47. The zero-order valence-corrected chi connectivity index (χ0v) is 17.8. The van der Waals surface area contributed by atoms with Crippen LogP contribution in [0.15, 0.2) is 46.6 Å². The highest BCUT2D eigenvalue weighted by Gasteiger charge is 2.04. The summed E-state index contributed by atoms with van der Waals surface area (Å²) in [5, 5.41) is 8.86. The number of amides is 1. The van der Waals surface area contributed by atoms with Crippen LogP contribution in [0.2, 0.25) is 0 Å². The summed E-state index contributed by atoms with van der Waals surface area (Å²) in [6.45, 7) is 11.1. The Bertz CT molecular complexity index is 534. The third-order valence-corrected chi connectivity index (χ3v) is 4.34. The molecular formula is C23H39NO2. The van der Waals surface area contributed by atoms with Crippen LogP contribution in [0.3, 0.4) is 0 Å². The molecule has 0 radical (unpaired) electrons. The van der Waals surface area contributed by atoms with Gasteiger partial charge < -0.3 is 10.0 Å². The van der Waals surface area contributed by atoms with Gasteiger partial charge in [-0.05, 0) is 73.1 Å². The SMILES string of the molecule is CC(C)=CCC/C(C)=C/CC/C(C)=C/CC/C(C)=C/C(=O)N(C)CCO. The lowest BCUT2D eigenvalue weighted by atomic mass is 10.0. The lowest BCUT2D eigenvalue weighted by Crippen LogP contribution is -2.27. The van der Waals surface area contributed by atoms with Gasteiger partial charge in [0.25, 0.3) is 0 Å². The molecule has 0 aromatic carbocycles. The number of rotatable bonds is 12. The van der Waals surface area contributed by atoms with Crippen LogP contribution in [-0.4, -0.2) is 36.1 Å². The predicted octanol–water partition coefficient (Wildman–Crippen LogP) is 5.58. The Balaban J connectivity index is 4.17. The van der Waals surface area contributed by atoms with Crippen molar-refractivity contribution >= 4 is 5.91 Å². The Morgan fingerprint density at radius 3 is 1.73 bits per heavy atom. The molecule has 0 aromatic rings. The summed E-state index contributed by atoms with van der Waals surface area (Å²) in [5.74, 6) is -0.0361. The van der Waals surface area contributed by atoms with E-state index in [-0.39, 0.29) is 12.5 Å². The number of allylic oxidation sites excluding steroid dienone is 7. The van der Waals surface area contributed by atoms with Gasteiger partial charge in [0.05, 0.1) is 6.61 Å². The number of aliphatic hydroxyl groups excluding tert-OH is 1. The van der Waals surface area contributed by atoms with Crippen molar-refractivity contribution in [1.82, 2.24) is 4.90 Å². The van der Waals surface area contributed by atoms with Gasteiger partial charge in [0, 0.05) is 19.7 Å². The summed E-state index contributed by atoms with van der Waals surface area (Å²) in [5.41, 5.74) is 5.36. The average Bonchev–Trinajstić information content (AvgIpc) is 2.54. The van der Waals surface area contributed by atoms with Gasteiger partial charge in [-0.3, -0.25) is 4.79 Å². The molecule has 3 nitrogen and oxygen atoms in total. The smallest absolute Gasteiger partial charge is 0.246 e. The first kappa shape index (κ1) is 24.4. The summed E-state index contributed by atoms with van der Waals surface area (Å²) in [6.07, 6.45) is 15.0. The fourth-order valence-corrected chi connectivity index (χ4v) is 2.54. The van der Waals surface area contributed by atoms with E-state index in [4.69, 9.17) is 5.11 Å². The van der Waals surface area contributed by atoms with Gasteiger partial charge in [-0.2, -0.15) is 0 Å². The molecular weight excluding hydrogens is 322 g/mol. The van der Waals surface area contributed by atoms with Crippen LogP contribution in [0.5, 0.6) is 0 Å². The molecule has 3 heteroatoms. The maximum Gasteiger partial charge on any atom is 0.246 e. The van der Waals surface area contributed by atoms with E-state index in [1.54, 1.807) is 13.1 Å². The fourth-order valence-electron chi connectivity index (χ4n) is 2.54. The largest absolute Gasteiger partial charge is 0.395 e. The van der Waals surface area contributed by atoms with Crippen LogP contribution in [0.1, 0.15) is 73.1 Å². The minimum absolute atomic E-state index is 0.0000734. The van der Waals surface area contributed by atoms with Crippen molar-refractivity contribution in [3.63, 3.8) is 0 Å². The molecule has 0 fully saturated rings. The molecule has 0 aliphatic heterocycles. The summed E-state index contributed by atoms with van der Waals surface area (Å²) in [4.78, 5) is 13.4. The molecule has 0 aliphatic rings. The van der Waals surface area contributed by atoms with Crippen molar-refractivity contribution in [2.75, 3.05) is 20.2 Å². The third-order valence-electron chi connectivity index (χ3n) is 4.34. The van der Waals surface area contributed by atoms with Crippen LogP contribution < -0.4 is 0 Å². The Hall–Kier alpha value is -1.61. The number of carbonyl (C=O) groups is 1. The van der Waals surface area contributed by atoms with Gasteiger partial charge in [0.15, 0.2) is 0 Å². The van der Waals surface area contributed by atoms with E-state index in [0.29, 0.717) is 6.54 Å². The van der Waals surface area contributed by atoms with E-state index in [9.17, 15) is 4.79 Å². The maximum absolute atomic E-state index is 11.9. The lowest BCUT2D eigenvalue weighted by molar-refractivity contribution is -0.125. The van der Waals surface area contributed by atoms with Crippen LogP contribution in [-0.2, 0) is 4.79 Å². The number of aliphatic hydroxyl groups is 1. The van der Waals surface area contributed by atoms with Crippen molar-refractivity contribution in [1.29, 1.82) is 0 Å². The van der Waals surface area contributed by atoms with Gasteiger partial charge in [-0.15, -0.1) is 0 Å². The van der Waals surface area contributed by atoms with Crippen molar-refractivity contribution < 1.29 is 9.90 Å². The molecule has 0 heterocycles. The summed E-state index contributed by atoms with van der Waals surface area (Å²) in [6, 6.07) is 0. The molecule has 0 spiro atoms. The second kappa shape index (κ2) is 14.5. The van der Waals surface area contributed by atoms with Crippen LogP contribution in [0.25, 0.3) is 0 Å². The molecule has 0 aromatic heterocycles. The number of hydrogen-bond donors (Lipinski definition) is 1. The van der Waals surface area contributed by atoms with Crippen LogP contribution in [0, 0.1) is 0 Å². The maximum atomic E-state index is 11.9. The summed E-state index contributed by atoms with van der Waals surface area (Å²) >= 11 is 0. The topological polar surface area (TPSA) is 40.5 Å². The quantitative estimate of drug-likeness (QED) is 0.364. The predicted molar refractivity (Wildman–Crippen MR) is 113 cm³/mol. The molecule has 0 saturated carbocycles. The molecule has 0 rings (SSSR count). The van der Waals surface area contributed by atoms with Gasteiger partial charge in [-0.25, -0.2) is 0 Å². The molecule has 148 valence electrons. The minimum atomic E-state index is -0.0361. The zero-order valence-electron chi connectivity index (χ0n) is 17.8. The highest BCUT2D eigenvalue weighted by atomic mass is 16.3. The van der Waals surface area contributed by atoms with E-state index >= 15 is 0 Å². The first-order chi connectivity index (χ1) is 12.3. The van der Waals surface area contributed by atoms with Crippen molar-refractivity contribution in [2.45, 2.75) is 73.1 Å². The molecule has 1 amide bonds. The first-order valence-corrected chi connectivity index (χ1v) is 9.74. The Morgan fingerprint density at radius 2 is 1.27 bits per heavy atom. The second-order valence-electron chi connectivity index (χ2n) is 7.47. The molecule has 0 atom stereocenters. The molecule has 0 unspecified atom stereocenters. The number of carbonyl (C=O) groups excluding carboxylic acids is 1. The van der Waals surface area contributed by atoms with Gasteiger partial charge in [0.1, 0.15) is 0 Å². The van der Waals surface area contributed by atoms with Gasteiger partial charge in [0.2, 0.25) is 5.91 Å². The minimum Gasteiger partial charge on any atom is -0.395 e. The molecule has 0 bridgehead atoms. The monoisotopic (exact) mass is 361 g/mol. The summed E-state index contributed by atoms with van der Waals surface area (Å²) in [7, 11) is 1.71. The third kappa shape index (κ3) is 13.7. The molecule has 0 aliphatic carbocycles. The van der Waals surface area contributed by atoms with Crippen LogP contribution in [0.4, 0.5) is 0 Å². The average molecular weight is 362 g/mol.